The van der Waals surface area contributed by atoms with Gasteiger partial charge in [-0.1, -0.05) is 6.07 Å². The van der Waals surface area contributed by atoms with Crippen LogP contribution in [0.1, 0.15) is 41.9 Å². The number of hydrogen-bond acceptors (Lipinski definition) is 7. The first-order valence-corrected chi connectivity index (χ1v) is 10.9. The first kappa shape index (κ1) is 21.7. The number of rotatable bonds is 8. The molecule has 1 saturated heterocycles. The largest absolute Gasteiger partial charge is 0.383 e. The molecule has 158 valence electrons. The molecule has 7 nitrogen and oxygen atoms in total. The highest BCUT2D eigenvalue weighted by Gasteiger charge is 2.23. The predicted molar refractivity (Wildman–Crippen MR) is 117 cm³/mol. The lowest BCUT2D eigenvalue weighted by Gasteiger charge is -2.31. The van der Waals surface area contributed by atoms with Crippen molar-refractivity contribution in [1.29, 1.82) is 0 Å². The van der Waals surface area contributed by atoms with Crippen LogP contribution in [0, 0.1) is 13.8 Å². The standard InChI is InChI=1S/C21H31N5O2S/c1-14(13-28-4)22-20(27)12-26-10-8-17(9-11-26)18-6-5-7-19(24-18)25-21-23-15(2)16(3)29-21/h5-7,14,17H,8-13H2,1-4H3,(H,22,27)(H,23,24,25). The van der Waals surface area contributed by atoms with E-state index in [1.807, 2.05) is 19.9 Å². The van der Waals surface area contributed by atoms with Gasteiger partial charge in [0, 0.05) is 29.6 Å². The number of aromatic nitrogens is 2. The molecule has 1 amide bonds. The Hall–Kier alpha value is -2.03. The van der Waals surface area contributed by atoms with Crippen molar-refractivity contribution in [3.63, 3.8) is 0 Å². The number of nitrogens with one attached hydrogen (secondary N) is 2. The number of anilines is 2. The maximum Gasteiger partial charge on any atom is 0.234 e. The molecule has 8 heteroatoms. The summed E-state index contributed by atoms with van der Waals surface area (Å²) in [5.74, 6) is 1.32. The smallest absolute Gasteiger partial charge is 0.234 e. The van der Waals surface area contributed by atoms with Crippen molar-refractivity contribution in [3.05, 3.63) is 34.5 Å². The lowest BCUT2D eigenvalue weighted by Crippen LogP contribution is -2.44. The fraction of sp³-hybridized carbons (Fsp3) is 0.571. The zero-order chi connectivity index (χ0) is 20.8. The molecule has 0 aromatic carbocycles. The van der Waals surface area contributed by atoms with Gasteiger partial charge in [-0.3, -0.25) is 9.69 Å². The van der Waals surface area contributed by atoms with Crippen LogP contribution in [0.5, 0.6) is 0 Å². The number of piperidine rings is 1. The third kappa shape index (κ3) is 6.22. The Labute approximate surface area is 176 Å². The monoisotopic (exact) mass is 417 g/mol. The molecular formula is C21H31N5O2S. The molecule has 2 aromatic rings. The number of aryl methyl sites for hydroxylation is 2. The second kappa shape index (κ2) is 10.1. The molecule has 1 aliphatic heterocycles. The van der Waals surface area contributed by atoms with Gasteiger partial charge in [0.15, 0.2) is 5.13 Å². The zero-order valence-corrected chi connectivity index (χ0v) is 18.5. The van der Waals surface area contributed by atoms with E-state index in [-0.39, 0.29) is 11.9 Å². The van der Waals surface area contributed by atoms with Gasteiger partial charge in [-0.2, -0.15) is 0 Å². The van der Waals surface area contributed by atoms with Gasteiger partial charge in [-0.15, -0.1) is 11.3 Å². The van der Waals surface area contributed by atoms with Crippen molar-refractivity contribution in [2.24, 2.45) is 0 Å². The van der Waals surface area contributed by atoms with Crippen molar-refractivity contribution in [2.45, 2.75) is 45.6 Å². The maximum atomic E-state index is 12.2. The highest BCUT2D eigenvalue weighted by molar-refractivity contribution is 7.15. The van der Waals surface area contributed by atoms with Crippen molar-refractivity contribution >= 4 is 28.2 Å². The van der Waals surface area contributed by atoms with E-state index in [4.69, 9.17) is 9.72 Å². The molecule has 3 heterocycles. The summed E-state index contributed by atoms with van der Waals surface area (Å²) >= 11 is 1.65. The second-order valence-corrected chi connectivity index (χ2v) is 8.91. The van der Waals surface area contributed by atoms with Crippen molar-refractivity contribution in [2.75, 3.05) is 38.7 Å². The molecule has 0 radical (unpaired) electrons. The maximum absolute atomic E-state index is 12.2. The minimum absolute atomic E-state index is 0.0369. The molecular weight excluding hydrogens is 386 g/mol. The molecule has 29 heavy (non-hydrogen) atoms. The van der Waals surface area contributed by atoms with Crippen LogP contribution in [0.4, 0.5) is 10.9 Å². The van der Waals surface area contributed by atoms with Crippen LogP contribution in [0.3, 0.4) is 0 Å². The van der Waals surface area contributed by atoms with Crippen LogP contribution in [0.2, 0.25) is 0 Å². The van der Waals surface area contributed by atoms with Crippen LogP contribution in [-0.4, -0.2) is 60.2 Å². The number of amides is 1. The number of ether oxygens (including phenoxy) is 1. The number of hydrogen-bond donors (Lipinski definition) is 2. The first-order valence-electron chi connectivity index (χ1n) is 10.1. The summed E-state index contributed by atoms with van der Waals surface area (Å²) in [7, 11) is 1.64. The molecule has 2 N–H and O–H groups in total. The summed E-state index contributed by atoms with van der Waals surface area (Å²) in [5.41, 5.74) is 2.17. The van der Waals surface area contributed by atoms with Gasteiger partial charge in [0.25, 0.3) is 0 Å². The first-order chi connectivity index (χ1) is 13.9. The summed E-state index contributed by atoms with van der Waals surface area (Å²) in [6, 6.07) is 6.17. The molecule has 1 fully saturated rings. The van der Waals surface area contributed by atoms with Gasteiger partial charge in [-0.25, -0.2) is 9.97 Å². The van der Waals surface area contributed by atoms with E-state index in [0.29, 0.717) is 19.1 Å². The molecule has 1 aliphatic rings. The van der Waals surface area contributed by atoms with E-state index in [2.05, 4.69) is 39.6 Å². The van der Waals surface area contributed by atoms with Crippen molar-refractivity contribution in [3.8, 4) is 0 Å². The molecule has 1 unspecified atom stereocenters. The van der Waals surface area contributed by atoms with Gasteiger partial charge in [0.05, 0.1) is 18.8 Å². The average Bonchev–Trinajstić information content (AvgIpc) is 2.99. The van der Waals surface area contributed by atoms with Crippen molar-refractivity contribution < 1.29 is 9.53 Å². The normalized spacial score (nSPS) is 16.6. The lowest BCUT2D eigenvalue weighted by molar-refractivity contribution is -0.123. The number of thiazole rings is 1. The van der Waals surface area contributed by atoms with E-state index in [9.17, 15) is 4.79 Å². The Balaban J connectivity index is 1.51. The fourth-order valence-electron chi connectivity index (χ4n) is 3.59. The Morgan fingerprint density at radius 2 is 2.07 bits per heavy atom. The molecule has 1 atom stereocenters. The summed E-state index contributed by atoms with van der Waals surface area (Å²) in [5, 5.41) is 7.19. The minimum Gasteiger partial charge on any atom is -0.383 e. The zero-order valence-electron chi connectivity index (χ0n) is 17.7. The van der Waals surface area contributed by atoms with Gasteiger partial charge in [0.1, 0.15) is 5.82 Å². The van der Waals surface area contributed by atoms with Gasteiger partial charge in [-0.05, 0) is 58.8 Å². The van der Waals surface area contributed by atoms with Crippen molar-refractivity contribution in [1.82, 2.24) is 20.2 Å². The summed E-state index contributed by atoms with van der Waals surface area (Å²) in [6.07, 6.45) is 2.01. The highest BCUT2D eigenvalue weighted by atomic mass is 32.1. The SMILES string of the molecule is COCC(C)NC(=O)CN1CCC(c2cccc(Nc3nc(C)c(C)s3)n2)CC1. The Bertz CT molecular complexity index is 798. The topological polar surface area (TPSA) is 79.4 Å². The number of pyridine rings is 1. The molecule has 0 bridgehead atoms. The summed E-state index contributed by atoms with van der Waals surface area (Å²) in [6.45, 7) is 8.83. The second-order valence-electron chi connectivity index (χ2n) is 7.71. The minimum atomic E-state index is 0.0369. The van der Waals surface area contributed by atoms with Gasteiger partial charge < -0.3 is 15.4 Å². The van der Waals surface area contributed by atoms with Crippen LogP contribution in [-0.2, 0) is 9.53 Å². The lowest BCUT2D eigenvalue weighted by atomic mass is 9.93. The number of likely N-dealkylation sites (tertiary alicyclic amines) is 1. The summed E-state index contributed by atoms with van der Waals surface area (Å²) in [4.78, 5) is 24.9. The molecule has 2 aromatic heterocycles. The number of carbonyl (C=O) groups is 1. The fourth-order valence-corrected chi connectivity index (χ4v) is 4.41. The van der Waals surface area contributed by atoms with Gasteiger partial charge >= 0.3 is 0 Å². The molecule has 0 spiro atoms. The van der Waals surface area contributed by atoms with Crippen LogP contribution in [0.15, 0.2) is 18.2 Å². The van der Waals surface area contributed by atoms with E-state index in [0.717, 1.165) is 48.3 Å². The van der Waals surface area contributed by atoms with E-state index in [1.165, 1.54) is 4.88 Å². The highest BCUT2D eigenvalue weighted by Crippen LogP contribution is 2.29. The van der Waals surface area contributed by atoms with E-state index >= 15 is 0 Å². The van der Waals surface area contributed by atoms with E-state index < -0.39 is 0 Å². The third-order valence-electron chi connectivity index (χ3n) is 5.23. The number of nitrogens with zero attached hydrogens (tertiary/aromatic N) is 3. The summed E-state index contributed by atoms with van der Waals surface area (Å²) < 4.78 is 5.07. The number of carbonyl (C=O) groups excluding carboxylic acids is 1. The van der Waals surface area contributed by atoms with E-state index in [1.54, 1.807) is 18.4 Å². The third-order valence-corrected chi connectivity index (χ3v) is 6.22. The quantitative estimate of drug-likeness (QED) is 0.687. The molecule has 3 rings (SSSR count). The van der Waals surface area contributed by atoms with Crippen LogP contribution >= 0.6 is 11.3 Å². The Morgan fingerprint density at radius 1 is 1.31 bits per heavy atom. The molecule has 0 saturated carbocycles. The Morgan fingerprint density at radius 3 is 2.72 bits per heavy atom. The van der Waals surface area contributed by atoms with Crippen LogP contribution < -0.4 is 10.6 Å². The number of methoxy groups -OCH3 is 1. The molecule has 0 aliphatic carbocycles. The predicted octanol–water partition coefficient (Wildman–Crippen LogP) is 3.23. The van der Waals surface area contributed by atoms with Gasteiger partial charge in [0.2, 0.25) is 5.91 Å². The Kier molecular flexibility index (Phi) is 7.57. The average molecular weight is 418 g/mol. The van der Waals surface area contributed by atoms with Crippen LogP contribution in [0.25, 0.3) is 0 Å².